The van der Waals surface area contributed by atoms with Crippen LogP contribution in [-0.4, -0.2) is 71.0 Å². The molecule has 0 spiro atoms. The average molecular weight is 463 g/mol. The van der Waals surface area contributed by atoms with Gasteiger partial charge in [0.25, 0.3) is 5.91 Å². The Morgan fingerprint density at radius 3 is 2.75 bits per heavy atom. The van der Waals surface area contributed by atoms with Crippen molar-refractivity contribution in [1.82, 2.24) is 19.6 Å². The predicted octanol–water partition coefficient (Wildman–Crippen LogP) is 2.73. The highest BCUT2D eigenvalue weighted by Crippen LogP contribution is 2.31. The molecular weight excluding hydrogens is 432 g/mol. The summed E-state index contributed by atoms with van der Waals surface area (Å²) in [6, 6.07) is 5.87. The molecule has 2 aromatic rings. The van der Waals surface area contributed by atoms with Crippen molar-refractivity contribution in [1.29, 1.82) is 0 Å². The highest BCUT2D eigenvalue weighted by molar-refractivity contribution is 6.31. The normalized spacial score (nSPS) is 18.7. The molecule has 0 aliphatic carbocycles. The Labute approximate surface area is 194 Å². The van der Waals surface area contributed by atoms with Gasteiger partial charge in [0.05, 0.1) is 17.3 Å². The highest BCUT2D eigenvalue weighted by Gasteiger charge is 2.31. The molecule has 32 heavy (non-hydrogen) atoms. The number of aromatic nitrogens is 2. The van der Waals surface area contributed by atoms with Crippen LogP contribution in [0, 0.1) is 5.92 Å². The van der Waals surface area contributed by atoms with E-state index in [1.54, 1.807) is 10.9 Å². The first kappa shape index (κ1) is 22.9. The van der Waals surface area contributed by atoms with Crippen LogP contribution in [0.1, 0.15) is 25.1 Å². The van der Waals surface area contributed by atoms with E-state index < -0.39 is 6.10 Å². The van der Waals surface area contributed by atoms with E-state index in [-0.39, 0.29) is 5.91 Å². The summed E-state index contributed by atoms with van der Waals surface area (Å²) in [6.45, 7) is 8.83. The Hall–Kier alpha value is -2.29. The summed E-state index contributed by atoms with van der Waals surface area (Å²) >= 11 is 6.28. The second-order valence-electron chi connectivity index (χ2n) is 8.78. The van der Waals surface area contributed by atoms with E-state index >= 15 is 0 Å². The van der Waals surface area contributed by atoms with Gasteiger partial charge in [0, 0.05) is 46.0 Å². The van der Waals surface area contributed by atoms with Crippen LogP contribution in [-0.2, 0) is 29.7 Å². The van der Waals surface area contributed by atoms with Gasteiger partial charge in [-0.15, -0.1) is 0 Å². The molecule has 1 amide bonds. The van der Waals surface area contributed by atoms with Gasteiger partial charge in [-0.3, -0.25) is 14.4 Å². The fourth-order valence-electron chi connectivity index (χ4n) is 4.10. The summed E-state index contributed by atoms with van der Waals surface area (Å²) in [7, 11) is 1.85. The summed E-state index contributed by atoms with van der Waals surface area (Å²) in [5.74, 6) is 1.83. The SMILES string of the molecule is CC(C)CN(Cc1ccc2c(c1)OCCO2)C(=O)C1CN(Cc2nn(C)cc2Cl)CCO1. The zero-order chi connectivity index (χ0) is 22.7. The minimum Gasteiger partial charge on any atom is -0.486 e. The van der Waals surface area contributed by atoms with Crippen LogP contribution < -0.4 is 9.47 Å². The van der Waals surface area contributed by atoms with Crippen molar-refractivity contribution in [2.75, 3.05) is 39.5 Å². The van der Waals surface area contributed by atoms with E-state index in [0.717, 1.165) is 29.3 Å². The van der Waals surface area contributed by atoms with Gasteiger partial charge in [-0.05, 0) is 23.6 Å². The largest absolute Gasteiger partial charge is 0.486 e. The number of rotatable bonds is 7. The van der Waals surface area contributed by atoms with Crippen LogP contribution in [0.2, 0.25) is 5.02 Å². The minimum atomic E-state index is -0.512. The molecule has 2 aliphatic rings. The summed E-state index contributed by atoms with van der Waals surface area (Å²) in [4.78, 5) is 17.5. The third-order valence-electron chi connectivity index (χ3n) is 5.53. The number of benzene rings is 1. The smallest absolute Gasteiger partial charge is 0.253 e. The molecule has 1 aromatic carbocycles. The first-order valence-electron chi connectivity index (χ1n) is 11.1. The molecule has 174 valence electrons. The third kappa shape index (κ3) is 5.54. The number of fused-ring (bicyclic) bond motifs is 1. The van der Waals surface area contributed by atoms with Gasteiger partial charge in [-0.25, -0.2) is 0 Å². The van der Waals surface area contributed by atoms with Crippen LogP contribution in [0.3, 0.4) is 0 Å². The molecule has 8 nitrogen and oxygen atoms in total. The Morgan fingerprint density at radius 2 is 2.03 bits per heavy atom. The molecule has 1 fully saturated rings. The Bertz CT molecular complexity index is 948. The van der Waals surface area contributed by atoms with Gasteiger partial charge in [0.15, 0.2) is 11.5 Å². The number of hydrogen-bond donors (Lipinski definition) is 0. The lowest BCUT2D eigenvalue weighted by Gasteiger charge is -2.35. The van der Waals surface area contributed by atoms with E-state index in [9.17, 15) is 4.79 Å². The molecule has 9 heteroatoms. The molecular formula is C23H31ClN4O4. The molecule has 1 aromatic heterocycles. The quantitative estimate of drug-likeness (QED) is 0.630. The van der Waals surface area contributed by atoms with E-state index in [1.807, 2.05) is 30.1 Å². The van der Waals surface area contributed by atoms with Crippen molar-refractivity contribution in [3.05, 3.63) is 40.7 Å². The second-order valence-corrected chi connectivity index (χ2v) is 9.19. The molecule has 3 heterocycles. The van der Waals surface area contributed by atoms with Gasteiger partial charge in [-0.1, -0.05) is 31.5 Å². The Kier molecular flexibility index (Phi) is 7.23. The third-order valence-corrected chi connectivity index (χ3v) is 5.85. The molecule has 2 aliphatic heterocycles. The summed E-state index contributed by atoms with van der Waals surface area (Å²) in [5.41, 5.74) is 1.83. The van der Waals surface area contributed by atoms with Crippen LogP contribution >= 0.6 is 11.6 Å². The van der Waals surface area contributed by atoms with E-state index in [2.05, 4.69) is 23.8 Å². The molecule has 1 saturated heterocycles. The lowest BCUT2D eigenvalue weighted by molar-refractivity contribution is -0.151. The van der Waals surface area contributed by atoms with Crippen molar-refractivity contribution in [2.45, 2.75) is 33.0 Å². The molecule has 0 radical (unpaired) electrons. The van der Waals surface area contributed by atoms with Crippen LogP contribution in [0.4, 0.5) is 0 Å². The van der Waals surface area contributed by atoms with Crippen LogP contribution in [0.15, 0.2) is 24.4 Å². The van der Waals surface area contributed by atoms with E-state index in [1.165, 1.54) is 0 Å². The standard InChI is InChI=1S/C23H31ClN4O4/c1-16(2)11-28(12-17-4-5-20-21(10-17)32-9-8-31-20)23(29)22-15-27(6-7-30-22)14-19-18(24)13-26(3)25-19/h4-5,10,13,16,22H,6-9,11-12,14-15H2,1-3H3. The number of amides is 1. The molecule has 1 unspecified atom stereocenters. The van der Waals surface area contributed by atoms with Crippen molar-refractivity contribution in [2.24, 2.45) is 13.0 Å². The molecule has 0 saturated carbocycles. The zero-order valence-corrected chi connectivity index (χ0v) is 19.7. The van der Waals surface area contributed by atoms with Gasteiger partial charge in [0.2, 0.25) is 0 Å². The fraction of sp³-hybridized carbons (Fsp3) is 0.565. The van der Waals surface area contributed by atoms with Crippen molar-refractivity contribution in [3.8, 4) is 11.5 Å². The highest BCUT2D eigenvalue weighted by atomic mass is 35.5. The van der Waals surface area contributed by atoms with Gasteiger partial charge < -0.3 is 19.1 Å². The number of carbonyl (C=O) groups excluding carboxylic acids is 1. The molecule has 4 rings (SSSR count). The maximum absolute atomic E-state index is 13.5. The van der Waals surface area contributed by atoms with Crippen molar-refractivity contribution >= 4 is 17.5 Å². The monoisotopic (exact) mass is 462 g/mol. The second kappa shape index (κ2) is 10.1. The Morgan fingerprint density at radius 1 is 1.25 bits per heavy atom. The maximum atomic E-state index is 13.5. The number of carbonyl (C=O) groups is 1. The number of morpholine rings is 1. The first-order valence-corrected chi connectivity index (χ1v) is 11.5. The Balaban J connectivity index is 1.44. The number of ether oxygens (including phenoxy) is 3. The van der Waals surface area contributed by atoms with E-state index in [0.29, 0.717) is 56.9 Å². The summed E-state index contributed by atoms with van der Waals surface area (Å²) < 4.78 is 18.9. The predicted molar refractivity (Wildman–Crippen MR) is 121 cm³/mol. The first-order chi connectivity index (χ1) is 15.4. The fourth-order valence-corrected chi connectivity index (χ4v) is 4.34. The number of aryl methyl sites for hydroxylation is 1. The van der Waals surface area contributed by atoms with Crippen molar-refractivity contribution < 1.29 is 19.0 Å². The van der Waals surface area contributed by atoms with Gasteiger partial charge in [-0.2, -0.15) is 5.10 Å². The number of nitrogens with zero attached hydrogens (tertiary/aromatic N) is 4. The van der Waals surface area contributed by atoms with Crippen LogP contribution in [0.25, 0.3) is 0 Å². The van der Waals surface area contributed by atoms with Gasteiger partial charge in [0.1, 0.15) is 19.3 Å². The zero-order valence-electron chi connectivity index (χ0n) is 18.9. The molecule has 0 bridgehead atoms. The van der Waals surface area contributed by atoms with Gasteiger partial charge >= 0.3 is 0 Å². The number of halogens is 1. The minimum absolute atomic E-state index is 0.00501. The summed E-state index contributed by atoms with van der Waals surface area (Å²) in [6.07, 6.45) is 1.28. The lowest BCUT2D eigenvalue weighted by Crippen LogP contribution is -2.51. The molecule has 0 N–H and O–H groups in total. The topological polar surface area (TPSA) is 69.1 Å². The van der Waals surface area contributed by atoms with E-state index in [4.69, 9.17) is 25.8 Å². The van der Waals surface area contributed by atoms with Crippen molar-refractivity contribution in [3.63, 3.8) is 0 Å². The van der Waals surface area contributed by atoms with Crippen LogP contribution in [0.5, 0.6) is 11.5 Å². The average Bonchev–Trinajstić information content (AvgIpc) is 3.09. The maximum Gasteiger partial charge on any atom is 0.253 e. The summed E-state index contributed by atoms with van der Waals surface area (Å²) in [5, 5.41) is 5.07. The lowest BCUT2D eigenvalue weighted by atomic mass is 10.1. The number of hydrogen-bond acceptors (Lipinski definition) is 6. The molecule has 1 atom stereocenters.